The number of methoxy groups -OCH3 is 1. The van der Waals surface area contributed by atoms with Crippen molar-refractivity contribution < 1.29 is 9.53 Å². The number of benzene rings is 2. The number of ether oxygens (including phenoxy) is 1. The zero-order valence-electron chi connectivity index (χ0n) is 16.7. The fraction of sp³-hybridized carbons (Fsp3) is 0.435. The maximum absolute atomic E-state index is 13.1. The Hall–Kier alpha value is -2.53. The highest BCUT2D eigenvalue weighted by molar-refractivity contribution is 5.92. The van der Waals surface area contributed by atoms with E-state index in [1.54, 1.807) is 7.11 Å². The average Bonchev–Trinajstić information content (AvgIpc) is 2.70. The van der Waals surface area contributed by atoms with Crippen molar-refractivity contribution >= 4 is 11.7 Å². The molecule has 1 N–H and O–H groups in total. The molecule has 3 atom stereocenters. The van der Waals surface area contributed by atoms with Crippen LogP contribution in [0.5, 0.6) is 5.75 Å². The monoisotopic (exact) mass is 377 g/mol. The summed E-state index contributed by atoms with van der Waals surface area (Å²) in [5.41, 5.74) is 4.75. The van der Waals surface area contributed by atoms with E-state index in [0.717, 1.165) is 30.8 Å². The molecular weight excluding hydrogens is 350 g/mol. The Morgan fingerprint density at radius 3 is 2.82 bits per heavy atom. The minimum atomic E-state index is -0.0943. The number of piperidine rings is 1. The van der Waals surface area contributed by atoms with E-state index >= 15 is 0 Å². The number of para-hydroxylation sites is 1. The first kappa shape index (κ1) is 17.6. The summed E-state index contributed by atoms with van der Waals surface area (Å²) in [6, 6.07) is 15.0. The smallest absolute Gasteiger partial charge is 0.322 e. The number of amides is 2. The summed E-state index contributed by atoms with van der Waals surface area (Å²) >= 11 is 0. The van der Waals surface area contributed by atoms with Crippen LogP contribution in [0.2, 0.25) is 0 Å². The van der Waals surface area contributed by atoms with E-state index in [1.807, 2.05) is 18.2 Å². The second-order valence-electron chi connectivity index (χ2n) is 8.60. The van der Waals surface area contributed by atoms with Crippen LogP contribution in [-0.2, 0) is 18.4 Å². The fourth-order valence-corrected chi connectivity index (χ4v) is 5.57. The molecule has 146 valence electrons. The molecule has 3 aliphatic rings. The van der Waals surface area contributed by atoms with Crippen molar-refractivity contribution in [2.24, 2.45) is 0 Å². The Labute approximate surface area is 166 Å². The van der Waals surface area contributed by atoms with Crippen molar-refractivity contribution in [2.45, 2.75) is 43.8 Å². The molecule has 1 aliphatic carbocycles. The van der Waals surface area contributed by atoms with Crippen molar-refractivity contribution in [3.8, 4) is 5.75 Å². The zero-order chi connectivity index (χ0) is 19.5. The SMILES string of the molecule is COc1ccc2c(c1)[C@@]1(C)CCN(C)[C@H](C2)[C@H]1N1Cc2ccccc2NC1=O. The third kappa shape index (κ3) is 2.46. The van der Waals surface area contributed by atoms with E-state index in [0.29, 0.717) is 12.6 Å². The minimum Gasteiger partial charge on any atom is -0.497 e. The molecule has 28 heavy (non-hydrogen) atoms. The van der Waals surface area contributed by atoms with Gasteiger partial charge in [-0.2, -0.15) is 0 Å². The highest BCUT2D eigenvalue weighted by Crippen LogP contribution is 2.48. The minimum absolute atomic E-state index is 0.0153. The van der Waals surface area contributed by atoms with E-state index in [-0.39, 0.29) is 17.5 Å². The Kier molecular flexibility index (Phi) is 3.91. The first-order valence-electron chi connectivity index (χ1n) is 10.0. The van der Waals surface area contributed by atoms with Gasteiger partial charge in [0.15, 0.2) is 0 Å². The number of carbonyl (C=O) groups excluding carboxylic acids is 1. The van der Waals surface area contributed by atoms with E-state index < -0.39 is 0 Å². The first-order valence-corrected chi connectivity index (χ1v) is 10.0. The highest BCUT2D eigenvalue weighted by Gasteiger charge is 2.54. The number of rotatable bonds is 2. The second-order valence-corrected chi connectivity index (χ2v) is 8.60. The van der Waals surface area contributed by atoms with Gasteiger partial charge in [0.1, 0.15) is 5.75 Å². The first-order chi connectivity index (χ1) is 13.5. The van der Waals surface area contributed by atoms with E-state index in [2.05, 4.69) is 53.4 Å². The van der Waals surface area contributed by atoms with Gasteiger partial charge in [0.25, 0.3) is 0 Å². The summed E-state index contributed by atoms with van der Waals surface area (Å²) in [6.45, 7) is 4.04. The van der Waals surface area contributed by atoms with Crippen molar-refractivity contribution in [3.05, 3.63) is 59.2 Å². The van der Waals surface area contributed by atoms with Crippen LogP contribution in [0.1, 0.15) is 30.0 Å². The molecule has 2 aromatic rings. The van der Waals surface area contributed by atoms with Gasteiger partial charge in [-0.25, -0.2) is 4.79 Å². The molecular formula is C23H27N3O2. The van der Waals surface area contributed by atoms with E-state index in [4.69, 9.17) is 4.74 Å². The predicted octanol–water partition coefficient (Wildman–Crippen LogP) is 3.63. The third-order valence-electron chi connectivity index (χ3n) is 7.12. The topological polar surface area (TPSA) is 44.8 Å². The normalized spacial score (nSPS) is 29.0. The molecule has 2 aliphatic heterocycles. The number of anilines is 1. The second kappa shape index (κ2) is 6.24. The standard InChI is InChI=1S/C23H27N3O2/c1-23-10-11-25(2)20(12-15-8-9-17(28-3)13-18(15)23)21(23)26-14-16-6-4-5-7-19(16)24-22(26)27/h4-9,13,20-21H,10-12,14H2,1-3H3,(H,24,27)/t20-,21-,23-/m1/s1. The molecule has 1 saturated heterocycles. The molecule has 1 fully saturated rings. The maximum Gasteiger partial charge on any atom is 0.322 e. The van der Waals surface area contributed by atoms with Crippen LogP contribution in [0.3, 0.4) is 0 Å². The highest BCUT2D eigenvalue weighted by atomic mass is 16.5. The number of urea groups is 1. The Balaban J connectivity index is 1.61. The Morgan fingerprint density at radius 1 is 1.18 bits per heavy atom. The lowest BCUT2D eigenvalue weighted by atomic mass is 9.61. The van der Waals surface area contributed by atoms with Gasteiger partial charge in [-0.1, -0.05) is 31.2 Å². The fourth-order valence-electron chi connectivity index (χ4n) is 5.57. The van der Waals surface area contributed by atoms with Crippen LogP contribution in [-0.4, -0.2) is 48.6 Å². The summed E-state index contributed by atoms with van der Waals surface area (Å²) in [5.74, 6) is 0.893. The van der Waals surface area contributed by atoms with Crippen LogP contribution in [0, 0.1) is 0 Å². The average molecular weight is 377 g/mol. The lowest BCUT2D eigenvalue weighted by Gasteiger charge is -2.58. The number of carbonyl (C=O) groups is 1. The van der Waals surface area contributed by atoms with E-state index in [1.165, 1.54) is 16.7 Å². The number of hydrogen-bond acceptors (Lipinski definition) is 3. The Bertz CT molecular complexity index is 943. The van der Waals surface area contributed by atoms with Crippen LogP contribution >= 0.6 is 0 Å². The molecule has 0 aromatic heterocycles. The molecule has 0 spiro atoms. The van der Waals surface area contributed by atoms with Gasteiger partial charge in [-0.3, -0.25) is 0 Å². The largest absolute Gasteiger partial charge is 0.497 e. The number of hydrogen-bond donors (Lipinski definition) is 1. The number of likely N-dealkylation sites (tertiary alicyclic amines) is 1. The van der Waals surface area contributed by atoms with Crippen LogP contribution in [0.4, 0.5) is 10.5 Å². The van der Waals surface area contributed by atoms with Gasteiger partial charge in [-0.05, 0) is 61.3 Å². The van der Waals surface area contributed by atoms with E-state index in [9.17, 15) is 4.79 Å². The summed E-state index contributed by atoms with van der Waals surface area (Å²) in [4.78, 5) is 17.7. The van der Waals surface area contributed by atoms with Gasteiger partial charge in [0.05, 0.1) is 13.2 Å². The molecule has 2 aromatic carbocycles. The number of nitrogens with one attached hydrogen (secondary N) is 1. The summed E-state index contributed by atoms with van der Waals surface area (Å²) in [5, 5.41) is 3.12. The molecule has 0 unspecified atom stereocenters. The van der Waals surface area contributed by atoms with Crippen molar-refractivity contribution in [2.75, 3.05) is 26.0 Å². The van der Waals surface area contributed by atoms with Crippen molar-refractivity contribution in [1.29, 1.82) is 0 Å². The van der Waals surface area contributed by atoms with Crippen molar-refractivity contribution in [3.63, 3.8) is 0 Å². The molecule has 5 nitrogen and oxygen atoms in total. The van der Waals surface area contributed by atoms with Gasteiger partial charge in [0, 0.05) is 23.7 Å². The summed E-state index contributed by atoms with van der Waals surface area (Å²) in [6.07, 6.45) is 1.98. The molecule has 5 rings (SSSR count). The van der Waals surface area contributed by atoms with Gasteiger partial charge in [0.2, 0.25) is 0 Å². The summed E-state index contributed by atoms with van der Waals surface area (Å²) < 4.78 is 5.53. The Morgan fingerprint density at radius 2 is 2.00 bits per heavy atom. The number of fused-ring (bicyclic) bond motifs is 5. The third-order valence-corrected chi connectivity index (χ3v) is 7.12. The lowest BCUT2D eigenvalue weighted by Crippen LogP contribution is -2.68. The van der Waals surface area contributed by atoms with Crippen molar-refractivity contribution in [1.82, 2.24) is 9.80 Å². The number of nitrogens with zero attached hydrogens (tertiary/aromatic N) is 2. The van der Waals surface area contributed by atoms with Gasteiger partial charge < -0.3 is 19.9 Å². The molecule has 2 amide bonds. The lowest BCUT2D eigenvalue weighted by molar-refractivity contribution is 0.00765. The summed E-state index contributed by atoms with van der Waals surface area (Å²) in [7, 11) is 3.92. The molecule has 5 heteroatoms. The molecule has 0 radical (unpaired) electrons. The quantitative estimate of drug-likeness (QED) is 0.869. The predicted molar refractivity (Wildman–Crippen MR) is 110 cm³/mol. The zero-order valence-corrected chi connectivity index (χ0v) is 16.7. The van der Waals surface area contributed by atoms with Crippen LogP contribution in [0.15, 0.2) is 42.5 Å². The van der Waals surface area contributed by atoms with Crippen LogP contribution in [0.25, 0.3) is 0 Å². The molecule has 2 bridgehead atoms. The molecule has 2 heterocycles. The van der Waals surface area contributed by atoms with Gasteiger partial charge in [-0.15, -0.1) is 0 Å². The number of likely N-dealkylation sites (N-methyl/N-ethyl adjacent to an activating group) is 1. The van der Waals surface area contributed by atoms with Crippen LogP contribution < -0.4 is 10.1 Å². The van der Waals surface area contributed by atoms with Gasteiger partial charge >= 0.3 is 6.03 Å². The molecule has 0 saturated carbocycles. The maximum atomic E-state index is 13.1.